The van der Waals surface area contributed by atoms with E-state index in [9.17, 15) is 44.1 Å². The van der Waals surface area contributed by atoms with E-state index in [1.807, 2.05) is 18.2 Å². The van der Waals surface area contributed by atoms with Crippen molar-refractivity contribution in [3.8, 4) is 23.0 Å². The summed E-state index contributed by atoms with van der Waals surface area (Å²) in [6, 6.07) is 31.4. The van der Waals surface area contributed by atoms with Gasteiger partial charge in [-0.1, -0.05) is 48.5 Å². The molecule has 16 aliphatic heterocycles. The van der Waals surface area contributed by atoms with Crippen LogP contribution in [0.1, 0.15) is 111 Å². The van der Waals surface area contributed by atoms with Crippen molar-refractivity contribution in [1.29, 1.82) is 0 Å². The summed E-state index contributed by atoms with van der Waals surface area (Å²) in [5.41, 5.74) is 8.52. The Bertz CT molecular complexity index is 3280. The van der Waals surface area contributed by atoms with Crippen LogP contribution in [0.3, 0.4) is 0 Å². The monoisotopic (exact) mass is 892 g/mol. The van der Waals surface area contributed by atoms with E-state index in [1.165, 1.54) is 6.07 Å². The predicted octanol–water partition coefficient (Wildman–Crippen LogP) is 8.17. The minimum atomic E-state index is -1.22. The molecule has 6 aromatic carbocycles. The van der Waals surface area contributed by atoms with Crippen molar-refractivity contribution in [3.05, 3.63) is 209 Å². The van der Waals surface area contributed by atoms with E-state index in [0.717, 1.165) is 28.5 Å². The number of benzene rings is 6. The zero-order chi connectivity index (χ0) is 46.2. The van der Waals surface area contributed by atoms with E-state index in [-0.39, 0.29) is 54.3 Å². The van der Waals surface area contributed by atoms with Crippen molar-refractivity contribution >= 4 is 36.8 Å². The van der Waals surface area contributed by atoms with Gasteiger partial charge in [0.25, 0.3) is 0 Å². The van der Waals surface area contributed by atoms with Crippen molar-refractivity contribution in [2.45, 2.75) is 50.1 Å². The molecule has 4 unspecified atom stereocenters. The zero-order valence-corrected chi connectivity index (χ0v) is 35.2. The lowest BCUT2D eigenvalue weighted by Gasteiger charge is -2.41. The normalized spacial score (nSPS) is 19.4. The van der Waals surface area contributed by atoms with Gasteiger partial charge in [-0.05, 0) is 122 Å². The molecule has 22 aliphatic rings. The highest BCUT2D eigenvalue weighted by molar-refractivity contribution is 6.02. The third-order valence-corrected chi connectivity index (χ3v) is 13.6. The highest BCUT2D eigenvalue weighted by Gasteiger charge is 2.47. The first kappa shape index (κ1) is 41.1. The quantitative estimate of drug-likeness (QED) is 0.135. The molecule has 3 N–H and O–H groups in total. The fourth-order valence-corrected chi connectivity index (χ4v) is 10.7. The number of ether oxygens (including phenoxy) is 4. The predicted molar refractivity (Wildman–Crippen MR) is 237 cm³/mol. The highest BCUT2D eigenvalue weighted by atomic mass is 16.5. The molecule has 0 spiro atoms. The Morgan fingerprint density at radius 3 is 1.21 bits per heavy atom. The van der Waals surface area contributed by atoms with E-state index < -0.39 is 41.6 Å². The van der Waals surface area contributed by atoms with Crippen LogP contribution in [0.4, 0.5) is 0 Å². The van der Waals surface area contributed by atoms with Gasteiger partial charge in [0.15, 0.2) is 0 Å². The van der Waals surface area contributed by atoms with Crippen molar-refractivity contribution in [1.82, 2.24) is 0 Å². The molecule has 330 valence electrons. The number of hydrogen-bond acceptors (Lipinski definition) is 10. The van der Waals surface area contributed by atoms with Gasteiger partial charge in [-0.15, -0.1) is 0 Å². The lowest BCUT2D eigenvalue weighted by atomic mass is 9.61. The minimum absolute atomic E-state index is 0.0100. The van der Waals surface area contributed by atoms with Gasteiger partial charge in [-0.25, -0.2) is 14.4 Å². The van der Waals surface area contributed by atoms with Gasteiger partial charge in [-0.2, -0.15) is 0 Å². The van der Waals surface area contributed by atoms with Crippen LogP contribution in [0, 0.1) is 0 Å². The van der Waals surface area contributed by atoms with Crippen LogP contribution in [-0.2, 0) is 45.6 Å². The second kappa shape index (κ2) is 15.8. The molecule has 0 aromatic heterocycles. The molecule has 0 amide bonds. The maximum absolute atomic E-state index is 12.8. The molecule has 16 heterocycles. The second-order valence-electron chi connectivity index (χ2n) is 17.1. The SMILES string of the molecule is O=CC1=C(C(=O)O)C2c3ccc4cc3C1c1ccc(cc12)OCc1ccc(c(C(=O)O)c1)COc1ccc2c(c1)C1C(C(=O)O)=C(C=O)C2c2cc(ccc21)OCc1ccc(c(C=O)c1)CO4. The Labute approximate surface area is 381 Å². The molecule has 4 atom stereocenters. The van der Waals surface area contributed by atoms with Gasteiger partial charge < -0.3 is 34.3 Å². The van der Waals surface area contributed by atoms with Gasteiger partial charge in [0.1, 0.15) is 68.3 Å². The van der Waals surface area contributed by atoms with E-state index in [4.69, 9.17) is 18.9 Å². The number of carbonyl (C=O) groups excluding carboxylic acids is 3. The summed E-state index contributed by atoms with van der Waals surface area (Å²) < 4.78 is 24.9. The van der Waals surface area contributed by atoms with E-state index >= 15 is 0 Å². The summed E-state index contributed by atoms with van der Waals surface area (Å²) in [7, 11) is 0. The summed E-state index contributed by atoms with van der Waals surface area (Å²) in [6.07, 6.45) is 1.95. The zero-order valence-electron chi connectivity index (χ0n) is 35.2. The Morgan fingerprint density at radius 2 is 0.791 bits per heavy atom. The standard InChI is InChI=1S/C54H36O13/c55-19-30-13-26-1-3-28(30)24-66-33-8-12-38-41(16-33)47-35-9-5-32(17-42(35)48(38)50(53(60)61)45(47)21-57)65-23-27-2-4-29(39(14-27)52(58)59)25-67-34-6-10-36-43(18-34)49-37-11-7-31(64-22-26)15-40(37)46(36)44(20-56)51(49)54(62)63/h1-21,46-49H,22-25H2,(H,58,59)(H,60,61)(H,62,63). The van der Waals surface area contributed by atoms with Gasteiger partial charge in [0, 0.05) is 45.9 Å². The number of carboxylic acids is 3. The molecule has 20 bridgehead atoms. The van der Waals surface area contributed by atoms with Gasteiger partial charge >= 0.3 is 17.9 Å². The third kappa shape index (κ3) is 6.60. The van der Waals surface area contributed by atoms with Crippen LogP contribution in [0.5, 0.6) is 23.0 Å². The molecule has 13 heteroatoms. The van der Waals surface area contributed by atoms with Crippen LogP contribution in [-0.4, -0.2) is 52.1 Å². The average molecular weight is 893 g/mol. The molecule has 6 aliphatic carbocycles. The Kier molecular flexibility index (Phi) is 9.73. The lowest BCUT2D eigenvalue weighted by molar-refractivity contribution is -0.134. The first-order valence-corrected chi connectivity index (χ1v) is 21.4. The van der Waals surface area contributed by atoms with Crippen LogP contribution >= 0.6 is 0 Å². The van der Waals surface area contributed by atoms with Gasteiger partial charge in [0.2, 0.25) is 0 Å². The van der Waals surface area contributed by atoms with Gasteiger partial charge in [-0.3, -0.25) is 14.4 Å². The van der Waals surface area contributed by atoms with Crippen LogP contribution in [0.15, 0.2) is 131 Å². The number of aromatic carboxylic acids is 1. The molecule has 28 rings (SSSR count). The summed E-state index contributed by atoms with van der Waals surface area (Å²) in [6.45, 7) is -0.0370. The van der Waals surface area contributed by atoms with Crippen molar-refractivity contribution in [2.75, 3.05) is 0 Å². The van der Waals surface area contributed by atoms with Crippen LogP contribution < -0.4 is 18.9 Å². The molecular formula is C54H36O13. The maximum Gasteiger partial charge on any atom is 0.336 e. The average Bonchev–Trinajstić information content (AvgIpc) is 3.34. The maximum atomic E-state index is 12.8. The number of aliphatic carboxylic acids is 2. The van der Waals surface area contributed by atoms with E-state index in [0.29, 0.717) is 85.6 Å². The topological polar surface area (TPSA) is 200 Å². The first-order valence-electron chi connectivity index (χ1n) is 21.4. The molecule has 6 aromatic rings. The number of carboxylic acid groups (broad SMARTS) is 3. The van der Waals surface area contributed by atoms with E-state index in [2.05, 4.69) is 0 Å². The minimum Gasteiger partial charge on any atom is -0.489 e. The molecule has 0 fully saturated rings. The molecule has 67 heavy (non-hydrogen) atoms. The van der Waals surface area contributed by atoms with Crippen molar-refractivity contribution in [3.63, 3.8) is 0 Å². The molecule has 0 radical (unpaired) electrons. The second-order valence-corrected chi connectivity index (χ2v) is 17.1. The number of allylic oxidation sites excluding steroid dienone is 2. The van der Waals surface area contributed by atoms with Crippen molar-refractivity contribution in [2.24, 2.45) is 0 Å². The summed E-state index contributed by atoms with van der Waals surface area (Å²) >= 11 is 0. The van der Waals surface area contributed by atoms with Crippen LogP contribution in [0.2, 0.25) is 0 Å². The van der Waals surface area contributed by atoms with Crippen LogP contribution in [0.25, 0.3) is 0 Å². The Morgan fingerprint density at radius 1 is 0.403 bits per heavy atom. The summed E-state index contributed by atoms with van der Waals surface area (Å²) in [4.78, 5) is 76.0. The fraction of sp³-hybridized carbons (Fsp3) is 0.148. The van der Waals surface area contributed by atoms with Crippen molar-refractivity contribution < 1.29 is 63.0 Å². The molecule has 0 saturated carbocycles. The summed E-state index contributed by atoms with van der Waals surface area (Å²) in [5, 5.41) is 31.2. The molecular weight excluding hydrogens is 857 g/mol. The number of rotatable bonds is 6. The number of hydrogen-bond donors (Lipinski definition) is 3. The first-order chi connectivity index (χ1) is 32.5. The molecule has 0 saturated heterocycles. The smallest absolute Gasteiger partial charge is 0.336 e. The van der Waals surface area contributed by atoms with Gasteiger partial charge in [0.05, 0.1) is 16.7 Å². The number of aldehydes is 3. The third-order valence-electron chi connectivity index (χ3n) is 13.6. The Balaban J connectivity index is 0.983. The fourth-order valence-electron chi connectivity index (χ4n) is 10.7. The Hall–Kier alpha value is -8.58. The highest BCUT2D eigenvalue weighted by Crippen LogP contribution is 2.58. The number of carbonyl (C=O) groups is 6. The van der Waals surface area contributed by atoms with E-state index in [1.54, 1.807) is 84.9 Å². The largest absolute Gasteiger partial charge is 0.489 e. The summed E-state index contributed by atoms with van der Waals surface area (Å²) in [5.74, 6) is -4.90. The lowest BCUT2D eigenvalue weighted by Crippen LogP contribution is -2.32. The molecule has 13 nitrogen and oxygen atoms in total.